The zero-order valence-electron chi connectivity index (χ0n) is 10.9. The molecule has 0 saturated carbocycles. The van der Waals surface area contributed by atoms with E-state index in [-0.39, 0.29) is 0 Å². The van der Waals surface area contributed by atoms with Crippen molar-refractivity contribution in [3.8, 4) is 0 Å². The van der Waals surface area contributed by atoms with Gasteiger partial charge in [0.05, 0.1) is 17.7 Å². The van der Waals surface area contributed by atoms with Crippen molar-refractivity contribution in [2.45, 2.75) is 6.54 Å². The van der Waals surface area contributed by atoms with Crippen LogP contribution in [0.3, 0.4) is 0 Å². The molecule has 0 unspecified atom stereocenters. The van der Waals surface area contributed by atoms with Gasteiger partial charge in [-0.15, -0.1) is 11.3 Å². The number of imidazole rings is 1. The first kappa shape index (κ1) is 12.6. The molecule has 104 valence electrons. The van der Waals surface area contributed by atoms with Crippen molar-refractivity contribution in [2.75, 3.05) is 5.32 Å². The smallest absolute Gasteiger partial charge is 0.332 e. The van der Waals surface area contributed by atoms with Gasteiger partial charge in [-0.25, -0.2) is 9.78 Å². The Morgan fingerprint density at radius 3 is 2.85 bits per heavy atom. The van der Waals surface area contributed by atoms with E-state index in [1.165, 1.54) is 23.0 Å². The van der Waals surface area contributed by atoms with E-state index in [2.05, 4.69) is 20.3 Å². The molecule has 0 saturated heterocycles. The number of rotatable bonds is 3. The molecule has 0 aliphatic rings. The van der Waals surface area contributed by atoms with Gasteiger partial charge in [-0.3, -0.25) is 13.9 Å². The van der Waals surface area contributed by atoms with Gasteiger partial charge in [-0.2, -0.15) is 4.98 Å². The maximum absolute atomic E-state index is 12.0. The van der Waals surface area contributed by atoms with Gasteiger partial charge in [0.15, 0.2) is 11.2 Å². The quantitative estimate of drug-likeness (QED) is 0.709. The fourth-order valence-corrected chi connectivity index (χ4v) is 2.47. The summed E-state index contributed by atoms with van der Waals surface area (Å²) in [5.41, 5.74) is 2.47. The van der Waals surface area contributed by atoms with Crippen LogP contribution in [0.1, 0.15) is 5.69 Å². The predicted octanol–water partition coefficient (Wildman–Crippen LogP) is 0.0289. The van der Waals surface area contributed by atoms with Crippen molar-refractivity contribution >= 4 is 28.4 Å². The molecule has 3 rings (SSSR count). The molecule has 0 spiro atoms. The first-order chi connectivity index (χ1) is 9.58. The minimum atomic E-state index is -0.403. The fraction of sp³-hybridized carbons (Fsp3) is 0.273. The molecule has 0 aromatic carbocycles. The third kappa shape index (κ3) is 1.92. The Hall–Kier alpha value is -2.42. The number of nitrogens with zero attached hydrogens (tertiary/aromatic N) is 4. The van der Waals surface area contributed by atoms with Gasteiger partial charge in [0, 0.05) is 19.5 Å². The molecule has 0 amide bonds. The van der Waals surface area contributed by atoms with E-state index in [1.54, 1.807) is 12.6 Å². The lowest BCUT2D eigenvalue weighted by Crippen LogP contribution is -2.36. The zero-order valence-corrected chi connectivity index (χ0v) is 11.7. The van der Waals surface area contributed by atoms with Crippen LogP contribution >= 0.6 is 11.3 Å². The number of thiazole rings is 1. The SMILES string of the molecule is Cn1c(=O)c2[nH]c(NCc3cscn3)nc2n(C)c1=O. The number of hydrogen-bond donors (Lipinski definition) is 2. The Labute approximate surface area is 116 Å². The Morgan fingerprint density at radius 2 is 2.15 bits per heavy atom. The third-order valence-electron chi connectivity index (χ3n) is 3.02. The average molecular weight is 292 g/mol. The van der Waals surface area contributed by atoms with Crippen LogP contribution in [0, 0.1) is 0 Å². The Balaban J connectivity index is 2.03. The highest BCUT2D eigenvalue weighted by Crippen LogP contribution is 2.10. The monoisotopic (exact) mass is 292 g/mol. The molecule has 20 heavy (non-hydrogen) atoms. The summed E-state index contributed by atoms with van der Waals surface area (Å²) in [6.45, 7) is 0.498. The second-order valence-electron chi connectivity index (χ2n) is 4.32. The van der Waals surface area contributed by atoms with Crippen LogP contribution in [0.4, 0.5) is 5.95 Å². The lowest BCUT2D eigenvalue weighted by Gasteiger charge is -2.00. The number of aromatic nitrogens is 5. The normalized spacial score (nSPS) is 11.1. The molecule has 3 aromatic heterocycles. The van der Waals surface area contributed by atoms with E-state index >= 15 is 0 Å². The molecule has 3 aromatic rings. The molecule has 3 heterocycles. The van der Waals surface area contributed by atoms with Crippen molar-refractivity contribution in [2.24, 2.45) is 14.1 Å². The van der Waals surface area contributed by atoms with E-state index in [0.717, 1.165) is 10.3 Å². The Morgan fingerprint density at radius 1 is 1.35 bits per heavy atom. The van der Waals surface area contributed by atoms with E-state index in [0.29, 0.717) is 23.7 Å². The lowest BCUT2D eigenvalue weighted by atomic mass is 10.5. The number of aryl methyl sites for hydroxylation is 1. The van der Waals surface area contributed by atoms with Crippen molar-refractivity contribution in [1.29, 1.82) is 0 Å². The molecule has 9 heteroatoms. The first-order valence-corrected chi connectivity index (χ1v) is 6.79. The number of hydrogen-bond acceptors (Lipinski definition) is 6. The second kappa shape index (κ2) is 4.60. The molecule has 0 atom stereocenters. The molecule has 0 aliphatic heterocycles. The van der Waals surface area contributed by atoms with Gasteiger partial charge in [-0.1, -0.05) is 0 Å². The molecule has 2 N–H and O–H groups in total. The number of fused-ring (bicyclic) bond motifs is 1. The topological polar surface area (TPSA) is 97.6 Å². The molecular weight excluding hydrogens is 280 g/mol. The summed E-state index contributed by atoms with van der Waals surface area (Å²) in [5, 5.41) is 4.96. The molecular formula is C11H12N6O2S. The average Bonchev–Trinajstić information content (AvgIpc) is 3.09. The molecule has 0 fully saturated rings. The van der Waals surface area contributed by atoms with Crippen molar-refractivity contribution in [1.82, 2.24) is 24.1 Å². The van der Waals surface area contributed by atoms with Crippen LogP contribution in [-0.2, 0) is 20.6 Å². The minimum absolute atomic E-state index is 0.301. The molecule has 8 nitrogen and oxygen atoms in total. The summed E-state index contributed by atoms with van der Waals surface area (Å²) >= 11 is 1.51. The van der Waals surface area contributed by atoms with Crippen molar-refractivity contribution in [3.05, 3.63) is 37.4 Å². The van der Waals surface area contributed by atoms with E-state index < -0.39 is 11.2 Å². The second-order valence-corrected chi connectivity index (χ2v) is 5.04. The summed E-state index contributed by atoms with van der Waals surface area (Å²) in [6, 6.07) is 0. The highest BCUT2D eigenvalue weighted by molar-refractivity contribution is 7.07. The van der Waals surface area contributed by atoms with Gasteiger partial charge < -0.3 is 10.3 Å². The Bertz CT molecular complexity index is 873. The number of anilines is 1. The highest BCUT2D eigenvalue weighted by atomic mass is 32.1. The summed E-state index contributed by atoms with van der Waals surface area (Å²) in [5.74, 6) is 0.436. The third-order valence-corrected chi connectivity index (χ3v) is 3.65. The predicted molar refractivity (Wildman–Crippen MR) is 76.0 cm³/mol. The van der Waals surface area contributed by atoms with Gasteiger partial charge in [0.1, 0.15) is 0 Å². The van der Waals surface area contributed by atoms with Gasteiger partial charge in [0.25, 0.3) is 5.56 Å². The van der Waals surface area contributed by atoms with Crippen LogP contribution in [0.2, 0.25) is 0 Å². The maximum Gasteiger partial charge on any atom is 0.332 e. The fourth-order valence-electron chi connectivity index (χ4n) is 1.91. The van der Waals surface area contributed by atoms with Gasteiger partial charge in [-0.05, 0) is 0 Å². The van der Waals surface area contributed by atoms with Crippen LogP contribution in [0.5, 0.6) is 0 Å². The van der Waals surface area contributed by atoms with Crippen LogP contribution in [0.15, 0.2) is 20.5 Å². The Kier molecular flexibility index (Phi) is 2.90. The zero-order chi connectivity index (χ0) is 14.3. The highest BCUT2D eigenvalue weighted by Gasteiger charge is 2.13. The minimum Gasteiger partial charge on any atom is -0.350 e. The van der Waals surface area contributed by atoms with E-state index in [4.69, 9.17) is 0 Å². The largest absolute Gasteiger partial charge is 0.350 e. The maximum atomic E-state index is 12.0. The molecule has 0 radical (unpaired) electrons. The molecule has 0 bridgehead atoms. The van der Waals surface area contributed by atoms with Crippen LogP contribution in [0.25, 0.3) is 11.2 Å². The number of aromatic amines is 1. The van der Waals surface area contributed by atoms with Crippen LogP contribution in [-0.4, -0.2) is 24.1 Å². The first-order valence-electron chi connectivity index (χ1n) is 5.84. The van der Waals surface area contributed by atoms with E-state index in [1.807, 2.05) is 5.38 Å². The lowest BCUT2D eigenvalue weighted by molar-refractivity contribution is 0.709. The summed E-state index contributed by atoms with van der Waals surface area (Å²) < 4.78 is 2.38. The standard InChI is InChI=1S/C11H12N6O2S/c1-16-8-7(9(18)17(2)11(16)19)14-10(15-8)12-3-6-4-20-5-13-6/h4-5H,3H2,1-2H3,(H2,12,14,15). The van der Waals surface area contributed by atoms with Crippen molar-refractivity contribution < 1.29 is 0 Å². The number of nitrogens with one attached hydrogen (secondary N) is 2. The van der Waals surface area contributed by atoms with Gasteiger partial charge in [0.2, 0.25) is 5.95 Å². The van der Waals surface area contributed by atoms with Crippen molar-refractivity contribution in [3.63, 3.8) is 0 Å². The van der Waals surface area contributed by atoms with Gasteiger partial charge >= 0.3 is 5.69 Å². The van der Waals surface area contributed by atoms with E-state index in [9.17, 15) is 9.59 Å². The number of H-pyrrole nitrogens is 1. The summed E-state index contributed by atoms with van der Waals surface area (Å²) in [6.07, 6.45) is 0. The molecule has 0 aliphatic carbocycles. The van der Waals surface area contributed by atoms with Crippen LogP contribution < -0.4 is 16.6 Å². The summed E-state index contributed by atoms with van der Waals surface area (Å²) in [7, 11) is 3.02. The summed E-state index contributed by atoms with van der Waals surface area (Å²) in [4.78, 5) is 35.1.